The maximum Gasteiger partial charge on any atom is 0.129 e. The molecule has 0 bridgehead atoms. The second-order valence-electron chi connectivity index (χ2n) is 4.09. The third-order valence-electron chi connectivity index (χ3n) is 2.47. The number of carbonyl (C=O) groups is 1. The Bertz CT molecular complexity index is 406. The molecule has 1 nitrogen and oxygen atoms in total. The van der Waals surface area contributed by atoms with Crippen molar-refractivity contribution >= 4 is 43.7 Å². The van der Waals surface area contributed by atoms with Crippen LogP contribution in [0.3, 0.4) is 0 Å². The van der Waals surface area contributed by atoms with Crippen molar-refractivity contribution in [3.8, 4) is 0 Å². The maximum atomic E-state index is 10.8. The van der Waals surface area contributed by atoms with Gasteiger partial charge in [-0.15, -0.1) is 0 Å². The van der Waals surface area contributed by atoms with E-state index in [4.69, 9.17) is 0 Å². The van der Waals surface area contributed by atoms with Gasteiger partial charge in [0.1, 0.15) is 5.78 Å². The molecule has 1 aromatic carbocycles. The topological polar surface area (TPSA) is 17.1 Å². The van der Waals surface area contributed by atoms with E-state index in [0.717, 1.165) is 22.7 Å². The van der Waals surface area contributed by atoms with E-state index >= 15 is 0 Å². The minimum Gasteiger partial charge on any atom is -0.300 e. The standard InChI is InChI=1S/C14H16Br2O/c1-11(17)5-2-3-6-12-7-4-8-13(9-12)10-14(15)16/h4,7-10H,2-3,5-6H2,1H3. The van der Waals surface area contributed by atoms with E-state index in [2.05, 4.69) is 56.1 Å². The van der Waals surface area contributed by atoms with E-state index in [1.165, 1.54) is 11.1 Å². The van der Waals surface area contributed by atoms with Gasteiger partial charge in [0.15, 0.2) is 0 Å². The quantitative estimate of drug-likeness (QED) is 0.647. The molecule has 92 valence electrons. The first-order valence-electron chi connectivity index (χ1n) is 5.69. The lowest BCUT2D eigenvalue weighted by Crippen LogP contribution is -1.91. The number of unbranched alkanes of at least 4 members (excludes halogenated alkanes) is 1. The zero-order valence-corrected chi connectivity index (χ0v) is 13.1. The van der Waals surface area contributed by atoms with Crippen molar-refractivity contribution in [2.45, 2.75) is 32.6 Å². The Hall–Kier alpha value is -0.410. The number of ketones is 1. The molecule has 0 aromatic heterocycles. The fourth-order valence-electron chi connectivity index (χ4n) is 1.67. The fraction of sp³-hybridized carbons (Fsp3) is 0.357. The number of carbonyl (C=O) groups excluding carboxylic acids is 1. The van der Waals surface area contributed by atoms with Crippen molar-refractivity contribution in [1.29, 1.82) is 0 Å². The van der Waals surface area contributed by atoms with E-state index in [9.17, 15) is 4.79 Å². The minimum absolute atomic E-state index is 0.282. The highest BCUT2D eigenvalue weighted by Gasteiger charge is 1.97. The monoisotopic (exact) mass is 358 g/mol. The Morgan fingerprint density at radius 3 is 2.71 bits per heavy atom. The van der Waals surface area contributed by atoms with E-state index in [1.807, 2.05) is 6.08 Å². The molecule has 0 fully saturated rings. The van der Waals surface area contributed by atoms with Gasteiger partial charge < -0.3 is 4.79 Å². The highest BCUT2D eigenvalue weighted by atomic mass is 79.9. The normalized spacial score (nSPS) is 10.1. The van der Waals surface area contributed by atoms with Crippen LogP contribution in [0.1, 0.15) is 37.3 Å². The third-order valence-corrected chi connectivity index (χ3v) is 2.93. The molecular formula is C14H16Br2O. The van der Waals surface area contributed by atoms with Gasteiger partial charge in [0.2, 0.25) is 0 Å². The molecule has 0 N–H and O–H groups in total. The summed E-state index contributed by atoms with van der Waals surface area (Å²) in [5.74, 6) is 0.282. The lowest BCUT2D eigenvalue weighted by molar-refractivity contribution is -0.117. The van der Waals surface area contributed by atoms with Crippen molar-refractivity contribution in [2.75, 3.05) is 0 Å². The van der Waals surface area contributed by atoms with E-state index in [-0.39, 0.29) is 5.78 Å². The van der Waals surface area contributed by atoms with Crippen molar-refractivity contribution in [1.82, 2.24) is 0 Å². The summed E-state index contributed by atoms with van der Waals surface area (Å²) in [7, 11) is 0. The van der Waals surface area contributed by atoms with Crippen LogP contribution in [0.25, 0.3) is 6.08 Å². The molecule has 0 saturated carbocycles. The first kappa shape index (κ1) is 14.7. The van der Waals surface area contributed by atoms with Crippen LogP contribution < -0.4 is 0 Å². The molecule has 0 aliphatic heterocycles. The first-order chi connectivity index (χ1) is 8.08. The van der Waals surface area contributed by atoms with Gasteiger partial charge in [0, 0.05) is 6.42 Å². The van der Waals surface area contributed by atoms with Crippen LogP contribution in [0.15, 0.2) is 27.7 Å². The van der Waals surface area contributed by atoms with Crippen molar-refractivity contribution < 1.29 is 4.79 Å². The number of halogens is 2. The Balaban J connectivity index is 2.49. The predicted molar refractivity (Wildman–Crippen MR) is 80.5 cm³/mol. The van der Waals surface area contributed by atoms with E-state index < -0.39 is 0 Å². The number of benzene rings is 1. The molecule has 0 atom stereocenters. The van der Waals surface area contributed by atoms with Gasteiger partial charge in [0.25, 0.3) is 0 Å². The molecule has 0 unspecified atom stereocenters. The molecule has 1 aromatic rings. The smallest absolute Gasteiger partial charge is 0.129 e. The van der Waals surface area contributed by atoms with E-state index in [1.54, 1.807) is 6.92 Å². The SMILES string of the molecule is CC(=O)CCCCc1cccc(C=C(Br)Br)c1. The molecule has 0 aliphatic rings. The van der Waals surface area contributed by atoms with Crippen LogP contribution in [0.4, 0.5) is 0 Å². The summed E-state index contributed by atoms with van der Waals surface area (Å²) in [4.78, 5) is 10.8. The highest BCUT2D eigenvalue weighted by molar-refractivity contribution is 9.28. The zero-order chi connectivity index (χ0) is 12.7. The molecular weight excluding hydrogens is 344 g/mol. The van der Waals surface area contributed by atoms with Crippen molar-refractivity contribution in [3.05, 3.63) is 38.8 Å². The number of hydrogen-bond acceptors (Lipinski definition) is 1. The number of hydrogen-bond donors (Lipinski definition) is 0. The fourth-order valence-corrected chi connectivity index (χ4v) is 2.20. The summed E-state index contributed by atoms with van der Waals surface area (Å²) in [5, 5.41) is 0. The van der Waals surface area contributed by atoms with Crippen molar-refractivity contribution in [2.24, 2.45) is 0 Å². The molecule has 0 radical (unpaired) electrons. The Morgan fingerprint density at radius 1 is 1.29 bits per heavy atom. The molecule has 0 spiro atoms. The van der Waals surface area contributed by atoms with Gasteiger partial charge in [0.05, 0.1) is 3.39 Å². The first-order valence-corrected chi connectivity index (χ1v) is 7.27. The summed E-state index contributed by atoms with van der Waals surface area (Å²) in [6.07, 6.45) is 5.82. The average molecular weight is 360 g/mol. The summed E-state index contributed by atoms with van der Waals surface area (Å²) >= 11 is 6.71. The molecule has 1 rings (SSSR count). The summed E-state index contributed by atoms with van der Waals surface area (Å²) < 4.78 is 0.943. The number of rotatable bonds is 6. The minimum atomic E-state index is 0.282. The van der Waals surface area contributed by atoms with Gasteiger partial charge in [-0.3, -0.25) is 0 Å². The Morgan fingerprint density at radius 2 is 2.06 bits per heavy atom. The number of aryl methyl sites for hydroxylation is 1. The summed E-state index contributed by atoms with van der Waals surface area (Å²) in [5.41, 5.74) is 2.50. The van der Waals surface area contributed by atoms with Crippen molar-refractivity contribution in [3.63, 3.8) is 0 Å². The van der Waals surface area contributed by atoms with Crippen LogP contribution in [0, 0.1) is 0 Å². The molecule has 0 heterocycles. The van der Waals surface area contributed by atoms with Gasteiger partial charge in [-0.1, -0.05) is 24.3 Å². The van der Waals surface area contributed by atoms with Crippen LogP contribution in [0.2, 0.25) is 0 Å². The largest absolute Gasteiger partial charge is 0.300 e. The lowest BCUT2D eigenvalue weighted by atomic mass is 10.0. The van der Waals surface area contributed by atoms with Gasteiger partial charge in [-0.25, -0.2) is 0 Å². The number of Topliss-reactive ketones (excluding diaryl/α,β-unsaturated/α-hetero) is 1. The lowest BCUT2D eigenvalue weighted by Gasteiger charge is -2.02. The second-order valence-corrected chi connectivity index (χ2v) is 6.86. The van der Waals surface area contributed by atoms with E-state index in [0.29, 0.717) is 6.42 Å². The van der Waals surface area contributed by atoms with Crippen LogP contribution in [-0.4, -0.2) is 5.78 Å². The summed E-state index contributed by atoms with van der Waals surface area (Å²) in [6.45, 7) is 1.65. The second kappa shape index (κ2) is 7.83. The van der Waals surface area contributed by atoms with Gasteiger partial charge in [-0.05, 0) is 75.2 Å². The average Bonchev–Trinajstić information content (AvgIpc) is 2.24. The molecule has 0 aliphatic carbocycles. The maximum absolute atomic E-state index is 10.8. The van der Waals surface area contributed by atoms with Crippen LogP contribution in [-0.2, 0) is 11.2 Å². The molecule has 17 heavy (non-hydrogen) atoms. The van der Waals surface area contributed by atoms with Crippen LogP contribution >= 0.6 is 31.9 Å². The Kier molecular flexibility index (Phi) is 6.75. The molecule has 3 heteroatoms. The Labute approximate surface area is 120 Å². The van der Waals surface area contributed by atoms with Gasteiger partial charge >= 0.3 is 0 Å². The molecule has 0 amide bonds. The van der Waals surface area contributed by atoms with Gasteiger partial charge in [-0.2, -0.15) is 0 Å². The predicted octanol–water partition coefficient (Wildman–Crippen LogP) is 5.08. The molecule has 0 saturated heterocycles. The zero-order valence-electron chi connectivity index (χ0n) is 9.88. The van der Waals surface area contributed by atoms with Crippen LogP contribution in [0.5, 0.6) is 0 Å². The highest BCUT2D eigenvalue weighted by Crippen LogP contribution is 2.19. The summed E-state index contributed by atoms with van der Waals surface area (Å²) in [6, 6.07) is 8.44. The third kappa shape index (κ3) is 6.79.